The van der Waals surface area contributed by atoms with Crippen molar-refractivity contribution in [2.24, 2.45) is 0 Å². The smallest absolute Gasteiger partial charge is 0.323 e. The molecule has 1 fully saturated rings. The minimum atomic E-state index is -0.252. The number of anilines is 1. The van der Waals surface area contributed by atoms with E-state index in [-0.39, 0.29) is 18.5 Å². The van der Waals surface area contributed by atoms with Gasteiger partial charge in [0.2, 0.25) is 5.91 Å². The molecule has 0 spiro atoms. The van der Waals surface area contributed by atoms with Crippen molar-refractivity contribution in [3.8, 4) is 0 Å². The van der Waals surface area contributed by atoms with Crippen LogP contribution in [0.3, 0.4) is 0 Å². The van der Waals surface area contributed by atoms with Gasteiger partial charge in [-0.1, -0.05) is 12.1 Å². The van der Waals surface area contributed by atoms with Crippen LogP contribution < -0.4 is 5.32 Å². The van der Waals surface area contributed by atoms with E-state index in [0.29, 0.717) is 19.8 Å². The van der Waals surface area contributed by atoms with Crippen molar-refractivity contribution in [2.75, 3.05) is 45.0 Å². The van der Waals surface area contributed by atoms with Crippen molar-refractivity contribution in [2.45, 2.75) is 11.8 Å². The number of hydrogen-bond donors (Lipinski definition) is 1. The Balaban J connectivity index is 2.03. The summed E-state index contributed by atoms with van der Waals surface area (Å²) >= 11 is 1.58. The van der Waals surface area contributed by atoms with Crippen molar-refractivity contribution in [1.29, 1.82) is 0 Å². The number of thioether (sulfide) groups is 1. The number of para-hydroxylation sites is 1. The molecule has 0 aliphatic carbocycles. The van der Waals surface area contributed by atoms with Gasteiger partial charge in [0.15, 0.2) is 0 Å². The molecule has 120 valence electrons. The molecule has 22 heavy (non-hydrogen) atoms. The fraction of sp³-hybridized carbons (Fsp3) is 0.467. The lowest BCUT2D eigenvalue weighted by molar-refractivity contribution is -0.127. The third kappa shape index (κ3) is 3.72. The minimum absolute atomic E-state index is 0.0536. The molecular formula is C15H21N3O3S. The lowest BCUT2D eigenvalue weighted by atomic mass is 10.2. The topological polar surface area (TPSA) is 61.9 Å². The summed E-state index contributed by atoms with van der Waals surface area (Å²) in [6.45, 7) is 3.33. The lowest BCUT2D eigenvalue weighted by Crippen LogP contribution is -2.35. The maximum absolute atomic E-state index is 12.4. The van der Waals surface area contributed by atoms with Crippen LogP contribution in [0.2, 0.25) is 0 Å². The number of rotatable bonds is 5. The van der Waals surface area contributed by atoms with Crippen LogP contribution in [0.25, 0.3) is 0 Å². The predicted molar refractivity (Wildman–Crippen MR) is 87.1 cm³/mol. The molecule has 0 atom stereocenters. The first-order valence-electron chi connectivity index (χ1n) is 7.03. The van der Waals surface area contributed by atoms with Gasteiger partial charge >= 0.3 is 6.03 Å². The molecule has 0 unspecified atom stereocenters. The molecule has 2 rings (SSSR count). The molecule has 0 saturated carbocycles. The van der Waals surface area contributed by atoms with Crippen molar-refractivity contribution >= 4 is 29.4 Å². The minimum Gasteiger partial charge on any atom is -0.383 e. The number of benzene rings is 1. The SMILES string of the molecule is COCCN1CN(C(=O)Nc2c(C)cccc2SC)CC1=O. The van der Waals surface area contributed by atoms with Gasteiger partial charge in [0.05, 0.1) is 19.0 Å². The fourth-order valence-electron chi connectivity index (χ4n) is 2.29. The number of nitrogens with zero attached hydrogens (tertiary/aromatic N) is 2. The van der Waals surface area contributed by atoms with Crippen LogP contribution in [0.15, 0.2) is 23.1 Å². The number of hydrogen-bond acceptors (Lipinski definition) is 4. The highest BCUT2D eigenvalue weighted by molar-refractivity contribution is 7.98. The second-order valence-electron chi connectivity index (χ2n) is 5.07. The molecule has 1 N–H and O–H groups in total. The highest BCUT2D eigenvalue weighted by atomic mass is 32.2. The first-order chi connectivity index (χ1) is 10.6. The molecule has 3 amide bonds. The van der Waals surface area contributed by atoms with Crippen LogP contribution in [-0.4, -0.2) is 61.5 Å². The van der Waals surface area contributed by atoms with E-state index < -0.39 is 0 Å². The summed E-state index contributed by atoms with van der Waals surface area (Å²) < 4.78 is 4.97. The summed E-state index contributed by atoms with van der Waals surface area (Å²) in [6.07, 6.45) is 1.97. The summed E-state index contributed by atoms with van der Waals surface area (Å²) in [6, 6.07) is 5.63. The number of methoxy groups -OCH3 is 1. The van der Waals surface area contributed by atoms with Crippen molar-refractivity contribution < 1.29 is 14.3 Å². The van der Waals surface area contributed by atoms with E-state index in [0.717, 1.165) is 16.1 Å². The fourth-order valence-corrected chi connectivity index (χ4v) is 2.92. The zero-order valence-corrected chi connectivity index (χ0v) is 13.9. The second kappa shape index (κ2) is 7.51. The summed E-state index contributed by atoms with van der Waals surface area (Å²) in [5.41, 5.74) is 1.81. The Morgan fingerprint density at radius 2 is 2.23 bits per heavy atom. The highest BCUT2D eigenvalue weighted by Gasteiger charge is 2.30. The molecule has 0 aromatic heterocycles. The third-order valence-corrected chi connectivity index (χ3v) is 4.34. The van der Waals surface area contributed by atoms with Gasteiger partial charge in [-0.05, 0) is 24.8 Å². The number of nitrogens with one attached hydrogen (secondary N) is 1. The summed E-state index contributed by atoms with van der Waals surface area (Å²) in [5.74, 6) is -0.0536. The molecule has 6 nitrogen and oxygen atoms in total. The van der Waals surface area contributed by atoms with Gasteiger partial charge in [-0.15, -0.1) is 11.8 Å². The number of aryl methyl sites for hydroxylation is 1. The van der Waals surface area contributed by atoms with E-state index in [1.54, 1.807) is 23.8 Å². The second-order valence-corrected chi connectivity index (χ2v) is 5.92. The van der Waals surface area contributed by atoms with Crippen LogP contribution in [0.1, 0.15) is 5.56 Å². The predicted octanol–water partition coefficient (Wildman–Crippen LogP) is 2.00. The van der Waals surface area contributed by atoms with Crippen molar-refractivity contribution in [3.05, 3.63) is 23.8 Å². The normalized spacial score (nSPS) is 14.6. The molecule has 1 aromatic carbocycles. The van der Waals surface area contributed by atoms with Gasteiger partial charge in [0.25, 0.3) is 0 Å². The maximum Gasteiger partial charge on any atom is 0.323 e. The van der Waals surface area contributed by atoms with Crippen LogP contribution >= 0.6 is 11.8 Å². The third-order valence-electron chi connectivity index (χ3n) is 3.56. The number of urea groups is 1. The number of amides is 3. The average molecular weight is 323 g/mol. The number of carbonyl (C=O) groups is 2. The first-order valence-corrected chi connectivity index (χ1v) is 8.25. The number of ether oxygens (including phenoxy) is 1. The quantitative estimate of drug-likeness (QED) is 0.842. The highest BCUT2D eigenvalue weighted by Crippen LogP contribution is 2.28. The van der Waals surface area contributed by atoms with E-state index in [2.05, 4.69) is 5.32 Å². The van der Waals surface area contributed by atoms with Gasteiger partial charge in [0.1, 0.15) is 6.54 Å². The van der Waals surface area contributed by atoms with Crippen LogP contribution in [0, 0.1) is 6.92 Å². The van der Waals surface area contributed by atoms with Crippen molar-refractivity contribution in [3.63, 3.8) is 0 Å². The van der Waals surface area contributed by atoms with Gasteiger partial charge in [-0.25, -0.2) is 4.79 Å². The average Bonchev–Trinajstić information content (AvgIpc) is 2.88. The summed E-state index contributed by atoms with van der Waals surface area (Å²) in [5, 5.41) is 2.92. The molecule has 0 radical (unpaired) electrons. The Hall–Kier alpha value is -1.73. The van der Waals surface area contributed by atoms with Crippen molar-refractivity contribution in [1.82, 2.24) is 9.80 Å². The van der Waals surface area contributed by atoms with E-state index in [1.807, 2.05) is 31.4 Å². The standard InChI is InChI=1S/C15H21N3O3S/c1-11-5-4-6-12(22-3)14(11)16-15(20)18-9-13(19)17(10-18)7-8-21-2/h4-6H,7-10H2,1-3H3,(H,16,20). The van der Waals surface area contributed by atoms with E-state index in [9.17, 15) is 9.59 Å². The summed E-state index contributed by atoms with van der Waals surface area (Å²) in [4.78, 5) is 28.4. The van der Waals surface area contributed by atoms with E-state index >= 15 is 0 Å². The largest absolute Gasteiger partial charge is 0.383 e. The number of carbonyl (C=O) groups excluding carboxylic acids is 2. The maximum atomic E-state index is 12.4. The molecular weight excluding hydrogens is 302 g/mol. The van der Waals surface area contributed by atoms with Gasteiger partial charge in [-0.2, -0.15) is 0 Å². The van der Waals surface area contributed by atoms with E-state index in [4.69, 9.17) is 4.74 Å². The molecule has 1 aliphatic heterocycles. The van der Waals surface area contributed by atoms with Gasteiger partial charge in [0, 0.05) is 18.6 Å². The van der Waals surface area contributed by atoms with Gasteiger partial charge < -0.3 is 15.0 Å². The molecule has 0 bridgehead atoms. The molecule has 1 aliphatic rings. The van der Waals surface area contributed by atoms with Gasteiger partial charge in [-0.3, -0.25) is 9.69 Å². The Labute approximate surface area is 134 Å². The lowest BCUT2D eigenvalue weighted by Gasteiger charge is -2.20. The zero-order valence-electron chi connectivity index (χ0n) is 13.1. The Bertz CT molecular complexity index is 565. The van der Waals surface area contributed by atoms with Crippen LogP contribution in [0.4, 0.5) is 10.5 Å². The first kappa shape index (κ1) is 16.6. The van der Waals surface area contributed by atoms with Crippen LogP contribution in [0.5, 0.6) is 0 Å². The Morgan fingerprint density at radius 1 is 1.45 bits per heavy atom. The van der Waals surface area contributed by atoms with E-state index in [1.165, 1.54) is 4.90 Å². The molecule has 1 aromatic rings. The molecule has 1 heterocycles. The molecule has 1 saturated heterocycles. The molecule has 7 heteroatoms. The van der Waals surface area contributed by atoms with Crippen LogP contribution in [-0.2, 0) is 9.53 Å². The Morgan fingerprint density at radius 3 is 2.91 bits per heavy atom. The zero-order chi connectivity index (χ0) is 16.1. The Kier molecular flexibility index (Phi) is 5.68. The summed E-state index contributed by atoms with van der Waals surface area (Å²) in [7, 11) is 1.59. The monoisotopic (exact) mass is 323 g/mol.